The molecule has 0 fully saturated rings. The Bertz CT molecular complexity index is 1180. The van der Waals surface area contributed by atoms with E-state index in [1.54, 1.807) is 0 Å². The number of hydrogen-bond acceptors (Lipinski definition) is 5. The van der Waals surface area contributed by atoms with Gasteiger partial charge in [-0.05, 0) is 37.1 Å². The third-order valence-corrected chi connectivity index (χ3v) is 4.67. The Kier molecular flexibility index (Phi) is 3.57. The van der Waals surface area contributed by atoms with Gasteiger partial charge in [-0.25, -0.2) is 4.98 Å². The van der Waals surface area contributed by atoms with E-state index in [9.17, 15) is 4.79 Å². The zero-order valence-electron chi connectivity index (χ0n) is 14.5. The number of nitrogen functional groups attached to an aromatic ring is 1. The third kappa shape index (κ3) is 2.28. The molecule has 0 saturated carbocycles. The number of aromatic nitrogens is 4. The number of imidazole rings is 1. The molecule has 4 aromatic rings. The fraction of sp³-hybridized carbons (Fsp3) is 0.158. The van der Waals surface area contributed by atoms with Crippen LogP contribution in [-0.4, -0.2) is 25.7 Å². The fourth-order valence-corrected chi connectivity index (χ4v) is 3.31. The van der Waals surface area contributed by atoms with E-state index < -0.39 is 5.91 Å². The first-order valence-electron chi connectivity index (χ1n) is 8.31. The Labute approximate surface area is 149 Å². The van der Waals surface area contributed by atoms with E-state index in [0.29, 0.717) is 10.9 Å². The molecule has 0 bridgehead atoms. The van der Waals surface area contributed by atoms with E-state index >= 15 is 0 Å². The van der Waals surface area contributed by atoms with Crippen LogP contribution < -0.4 is 11.5 Å². The van der Waals surface area contributed by atoms with Crippen molar-refractivity contribution in [3.8, 4) is 11.1 Å². The van der Waals surface area contributed by atoms with Crippen molar-refractivity contribution in [1.29, 1.82) is 0 Å². The Balaban J connectivity index is 2.00. The minimum atomic E-state index is -0.689. The monoisotopic (exact) mass is 346 g/mol. The maximum Gasteiger partial charge on any atom is 0.271 e. The largest absolute Gasteiger partial charge is 0.396 e. The van der Waals surface area contributed by atoms with Gasteiger partial charge >= 0.3 is 0 Å². The summed E-state index contributed by atoms with van der Waals surface area (Å²) >= 11 is 0. The SMILES string of the molecule is CCn1cnc2cc(-c3c(C)ccc4c(N)c(C(N)=O)nnc34)ccc21. The van der Waals surface area contributed by atoms with Crippen LogP contribution in [0.1, 0.15) is 23.0 Å². The fourth-order valence-electron chi connectivity index (χ4n) is 3.31. The molecule has 0 saturated heterocycles. The van der Waals surface area contributed by atoms with Crippen molar-refractivity contribution in [2.24, 2.45) is 5.73 Å². The van der Waals surface area contributed by atoms with Crippen LogP contribution in [0, 0.1) is 6.92 Å². The lowest BCUT2D eigenvalue weighted by Crippen LogP contribution is -2.16. The number of primary amides is 1. The number of rotatable bonds is 3. The number of anilines is 1. The van der Waals surface area contributed by atoms with Crippen molar-refractivity contribution in [1.82, 2.24) is 19.7 Å². The highest BCUT2D eigenvalue weighted by molar-refractivity contribution is 6.08. The molecule has 4 rings (SSSR count). The summed E-state index contributed by atoms with van der Waals surface area (Å²) < 4.78 is 2.09. The number of benzene rings is 2. The van der Waals surface area contributed by atoms with Gasteiger partial charge in [-0.2, -0.15) is 0 Å². The summed E-state index contributed by atoms with van der Waals surface area (Å²) in [5.74, 6) is -0.689. The van der Waals surface area contributed by atoms with E-state index in [4.69, 9.17) is 11.5 Å². The minimum Gasteiger partial charge on any atom is -0.396 e. The van der Waals surface area contributed by atoms with Crippen molar-refractivity contribution in [3.63, 3.8) is 0 Å². The van der Waals surface area contributed by atoms with E-state index in [-0.39, 0.29) is 11.4 Å². The lowest BCUT2D eigenvalue weighted by Gasteiger charge is -2.12. The van der Waals surface area contributed by atoms with Crippen LogP contribution >= 0.6 is 0 Å². The maximum absolute atomic E-state index is 11.5. The van der Waals surface area contributed by atoms with Crippen LogP contribution in [0.5, 0.6) is 0 Å². The standard InChI is InChI=1S/C19H18N6O/c1-3-25-9-22-13-8-11(5-7-14(13)25)15-10(2)4-6-12-16(20)18(19(21)26)24-23-17(12)15/h4-9H,3H2,1-2H3,(H2,20,23)(H2,21,26). The van der Waals surface area contributed by atoms with Gasteiger partial charge in [0.1, 0.15) is 5.52 Å². The molecule has 7 nitrogen and oxygen atoms in total. The summed E-state index contributed by atoms with van der Waals surface area (Å²) in [6.45, 7) is 4.95. The van der Waals surface area contributed by atoms with Gasteiger partial charge in [-0.1, -0.05) is 18.2 Å². The van der Waals surface area contributed by atoms with Gasteiger partial charge in [-0.15, -0.1) is 10.2 Å². The second-order valence-electron chi connectivity index (χ2n) is 6.21. The zero-order valence-corrected chi connectivity index (χ0v) is 14.5. The summed E-state index contributed by atoms with van der Waals surface area (Å²) in [6.07, 6.45) is 1.83. The van der Waals surface area contributed by atoms with Crippen LogP contribution in [0.2, 0.25) is 0 Å². The second-order valence-corrected chi connectivity index (χ2v) is 6.21. The van der Waals surface area contributed by atoms with Gasteiger partial charge in [0.2, 0.25) is 0 Å². The van der Waals surface area contributed by atoms with Crippen LogP contribution in [0.15, 0.2) is 36.7 Å². The maximum atomic E-state index is 11.5. The molecule has 0 aliphatic carbocycles. The molecule has 26 heavy (non-hydrogen) atoms. The predicted octanol–water partition coefficient (Wildman–Crippen LogP) is 2.66. The van der Waals surface area contributed by atoms with E-state index in [2.05, 4.69) is 26.7 Å². The molecule has 2 aromatic heterocycles. The lowest BCUT2D eigenvalue weighted by molar-refractivity contribution is 0.0996. The molecule has 0 aliphatic heterocycles. The van der Waals surface area contributed by atoms with Crippen LogP contribution in [0.25, 0.3) is 33.1 Å². The molecule has 0 aliphatic rings. The molecule has 2 heterocycles. The molecule has 4 N–H and O–H groups in total. The molecular weight excluding hydrogens is 328 g/mol. The molecule has 1 amide bonds. The predicted molar refractivity (Wildman–Crippen MR) is 102 cm³/mol. The number of amides is 1. The number of carbonyl (C=O) groups excluding carboxylic acids is 1. The second kappa shape index (κ2) is 5.80. The summed E-state index contributed by atoms with van der Waals surface area (Å²) in [7, 11) is 0. The van der Waals surface area contributed by atoms with Crippen LogP contribution in [0.3, 0.4) is 0 Å². The number of carbonyl (C=O) groups is 1. The topological polar surface area (TPSA) is 113 Å². The summed E-state index contributed by atoms with van der Waals surface area (Å²) in [5, 5.41) is 8.85. The van der Waals surface area contributed by atoms with Crippen molar-refractivity contribution in [3.05, 3.63) is 47.9 Å². The molecule has 130 valence electrons. The Morgan fingerprint density at radius 3 is 2.73 bits per heavy atom. The number of aryl methyl sites for hydroxylation is 2. The number of hydrogen-bond donors (Lipinski definition) is 2. The van der Waals surface area contributed by atoms with E-state index in [1.165, 1.54) is 0 Å². The average Bonchev–Trinajstić information content (AvgIpc) is 3.03. The Morgan fingerprint density at radius 1 is 1.19 bits per heavy atom. The van der Waals surface area contributed by atoms with Gasteiger partial charge < -0.3 is 16.0 Å². The van der Waals surface area contributed by atoms with Gasteiger partial charge in [0.05, 0.1) is 23.0 Å². The summed E-state index contributed by atoms with van der Waals surface area (Å²) in [6, 6.07) is 9.92. The summed E-state index contributed by atoms with van der Waals surface area (Å²) in [5.41, 5.74) is 17.2. The zero-order chi connectivity index (χ0) is 18.4. The Hall–Kier alpha value is -3.48. The van der Waals surface area contributed by atoms with Crippen molar-refractivity contribution in [2.45, 2.75) is 20.4 Å². The normalized spacial score (nSPS) is 11.3. The highest BCUT2D eigenvalue weighted by atomic mass is 16.1. The van der Waals surface area contributed by atoms with Gasteiger partial charge in [0.15, 0.2) is 5.69 Å². The molecule has 0 radical (unpaired) electrons. The molecule has 7 heteroatoms. The van der Waals surface area contributed by atoms with E-state index in [1.807, 2.05) is 43.6 Å². The number of fused-ring (bicyclic) bond motifs is 2. The first-order chi connectivity index (χ1) is 12.5. The number of nitrogens with zero attached hydrogens (tertiary/aromatic N) is 4. The molecular formula is C19H18N6O. The Morgan fingerprint density at radius 2 is 2.00 bits per heavy atom. The first kappa shape index (κ1) is 16.0. The quantitative estimate of drug-likeness (QED) is 0.592. The average molecular weight is 346 g/mol. The third-order valence-electron chi connectivity index (χ3n) is 4.67. The highest BCUT2D eigenvalue weighted by Gasteiger charge is 2.17. The molecule has 0 unspecified atom stereocenters. The van der Waals surface area contributed by atoms with Gasteiger partial charge in [-0.3, -0.25) is 4.79 Å². The lowest BCUT2D eigenvalue weighted by atomic mass is 9.96. The van der Waals surface area contributed by atoms with Crippen LogP contribution in [-0.2, 0) is 6.54 Å². The van der Waals surface area contributed by atoms with Crippen molar-refractivity contribution >= 4 is 33.5 Å². The van der Waals surface area contributed by atoms with E-state index in [0.717, 1.165) is 34.3 Å². The van der Waals surface area contributed by atoms with Gasteiger partial charge in [0, 0.05) is 17.5 Å². The molecule has 2 aromatic carbocycles. The molecule has 0 spiro atoms. The van der Waals surface area contributed by atoms with Crippen molar-refractivity contribution < 1.29 is 4.79 Å². The number of nitrogens with two attached hydrogens (primary N) is 2. The molecule has 0 atom stereocenters. The minimum absolute atomic E-state index is 0.00977. The first-order valence-corrected chi connectivity index (χ1v) is 8.31. The highest BCUT2D eigenvalue weighted by Crippen LogP contribution is 2.34. The van der Waals surface area contributed by atoms with Crippen LogP contribution in [0.4, 0.5) is 5.69 Å². The smallest absolute Gasteiger partial charge is 0.271 e. The summed E-state index contributed by atoms with van der Waals surface area (Å²) in [4.78, 5) is 16.0. The van der Waals surface area contributed by atoms with Crippen molar-refractivity contribution in [2.75, 3.05) is 5.73 Å². The van der Waals surface area contributed by atoms with Gasteiger partial charge in [0.25, 0.3) is 5.91 Å².